The van der Waals surface area contributed by atoms with Gasteiger partial charge in [-0.2, -0.15) is 0 Å². The maximum absolute atomic E-state index is 14.5. The summed E-state index contributed by atoms with van der Waals surface area (Å²) in [5.41, 5.74) is 0.597. The van der Waals surface area contributed by atoms with Crippen LogP contribution in [0.4, 0.5) is 15.8 Å². The number of hydrogen-bond donors (Lipinski definition) is 2. The molecular weight excluding hydrogens is 431 g/mol. The maximum atomic E-state index is 14.5. The molecule has 1 amide bonds. The molecule has 0 heterocycles. The lowest BCUT2D eigenvalue weighted by atomic mass is 10.1. The number of sulfonamides is 1. The van der Waals surface area contributed by atoms with Crippen molar-refractivity contribution >= 4 is 44.7 Å². The molecule has 0 bridgehead atoms. The average Bonchev–Trinajstić information content (AvgIpc) is 2.69. The van der Waals surface area contributed by atoms with Crippen molar-refractivity contribution in [1.82, 2.24) is 0 Å². The van der Waals surface area contributed by atoms with Gasteiger partial charge in [-0.3, -0.25) is 14.3 Å². The molecule has 0 aliphatic carbocycles. The SMILES string of the molecule is CC(=O)c1cccc(NS(=O)(=O)c2ccc(NC(=O)c3ccc(Cl)cc3)c(F)c2)c1. The maximum Gasteiger partial charge on any atom is 0.261 e. The molecule has 0 unspecified atom stereocenters. The van der Waals surface area contributed by atoms with Crippen LogP contribution in [0.25, 0.3) is 0 Å². The standard InChI is InChI=1S/C21H16ClFN2O4S/c1-13(26)15-3-2-4-17(11-15)25-30(28,29)18-9-10-20(19(23)12-18)24-21(27)14-5-7-16(22)8-6-14/h2-12,25H,1H3,(H,24,27). The summed E-state index contributed by atoms with van der Waals surface area (Å²) in [4.78, 5) is 23.3. The molecule has 0 aromatic heterocycles. The third kappa shape index (κ3) is 5.03. The minimum atomic E-state index is -4.11. The van der Waals surface area contributed by atoms with Gasteiger partial charge in [0.05, 0.1) is 10.6 Å². The number of benzene rings is 3. The second-order valence-electron chi connectivity index (χ2n) is 6.35. The molecule has 0 fully saturated rings. The van der Waals surface area contributed by atoms with Crippen molar-refractivity contribution in [3.8, 4) is 0 Å². The Hall–Kier alpha value is -3.23. The van der Waals surface area contributed by atoms with Crippen molar-refractivity contribution in [2.75, 3.05) is 10.0 Å². The predicted octanol–water partition coefficient (Wildman–Crippen LogP) is 4.73. The summed E-state index contributed by atoms with van der Waals surface area (Å²) in [6, 6.07) is 15.1. The summed E-state index contributed by atoms with van der Waals surface area (Å²) in [5, 5.41) is 2.84. The molecule has 0 spiro atoms. The Kier molecular flexibility index (Phi) is 6.19. The van der Waals surface area contributed by atoms with E-state index in [2.05, 4.69) is 10.0 Å². The van der Waals surface area contributed by atoms with Gasteiger partial charge >= 0.3 is 0 Å². The van der Waals surface area contributed by atoms with Crippen LogP contribution in [-0.2, 0) is 10.0 Å². The monoisotopic (exact) mass is 446 g/mol. The normalized spacial score (nSPS) is 11.0. The quantitative estimate of drug-likeness (QED) is 0.535. The Labute approximate surface area is 177 Å². The first-order valence-corrected chi connectivity index (χ1v) is 10.5. The topological polar surface area (TPSA) is 92.3 Å². The summed E-state index contributed by atoms with van der Waals surface area (Å²) in [7, 11) is -4.11. The molecule has 3 rings (SSSR count). The van der Waals surface area contributed by atoms with E-state index in [4.69, 9.17) is 11.6 Å². The van der Waals surface area contributed by atoms with Gasteiger partial charge in [0.15, 0.2) is 5.78 Å². The number of ketones is 1. The smallest absolute Gasteiger partial charge is 0.261 e. The molecule has 0 aliphatic heterocycles. The second-order valence-corrected chi connectivity index (χ2v) is 8.46. The molecule has 3 aromatic carbocycles. The molecule has 0 aliphatic rings. The number of carbonyl (C=O) groups is 2. The fourth-order valence-electron chi connectivity index (χ4n) is 2.58. The van der Waals surface area contributed by atoms with E-state index >= 15 is 0 Å². The summed E-state index contributed by atoms with van der Waals surface area (Å²) in [6.07, 6.45) is 0. The Balaban J connectivity index is 1.79. The lowest BCUT2D eigenvalue weighted by Gasteiger charge is -2.11. The fraction of sp³-hybridized carbons (Fsp3) is 0.0476. The molecule has 6 nitrogen and oxygen atoms in total. The molecular formula is C21H16ClFN2O4S. The predicted molar refractivity (Wildman–Crippen MR) is 113 cm³/mol. The number of Topliss-reactive ketones (excluding diaryl/α,β-unsaturated/α-hetero) is 1. The Bertz CT molecular complexity index is 1230. The van der Waals surface area contributed by atoms with Crippen molar-refractivity contribution in [2.45, 2.75) is 11.8 Å². The van der Waals surface area contributed by atoms with Gasteiger partial charge in [-0.05, 0) is 61.5 Å². The molecule has 30 heavy (non-hydrogen) atoms. The van der Waals surface area contributed by atoms with Gasteiger partial charge in [0.2, 0.25) is 0 Å². The van der Waals surface area contributed by atoms with Gasteiger partial charge in [0, 0.05) is 21.8 Å². The lowest BCUT2D eigenvalue weighted by molar-refractivity contribution is 0.101. The van der Waals surface area contributed by atoms with E-state index in [1.807, 2.05) is 0 Å². The van der Waals surface area contributed by atoms with Crippen LogP contribution in [0.15, 0.2) is 71.6 Å². The van der Waals surface area contributed by atoms with Crippen LogP contribution in [0.2, 0.25) is 5.02 Å². The summed E-state index contributed by atoms with van der Waals surface area (Å²) < 4.78 is 41.9. The Morgan fingerprint density at radius 3 is 2.27 bits per heavy atom. The van der Waals surface area contributed by atoms with E-state index in [9.17, 15) is 22.4 Å². The van der Waals surface area contributed by atoms with Crippen molar-refractivity contribution in [2.24, 2.45) is 0 Å². The van der Waals surface area contributed by atoms with Gasteiger partial charge in [0.25, 0.3) is 15.9 Å². The Morgan fingerprint density at radius 2 is 1.63 bits per heavy atom. The minimum Gasteiger partial charge on any atom is -0.319 e. The number of amides is 1. The van der Waals surface area contributed by atoms with E-state index in [-0.39, 0.29) is 27.6 Å². The van der Waals surface area contributed by atoms with Crippen molar-refractivity contribution < 1.29 is 22.4 Å². The summed E-state index contributed by atoms with van der Waals surface area (Å²) in [6.45, 7) is 1.36. The van der Waals surface area contributed by atoms with E-state index in [0.717, 1.165) is 18.2 Å². The van der Waals surface area contributed by atoms with Crippen molar-refractivity contribution in [1.29, 1.82) is 0 Å². The number of rotatable bonds is 6. The first kappa shape index (κ1) is 21.5. The molecule has 0 saturated heterocycles. The molecule has 3 aromatic rings. The second kappa shape index (κ2) is 8.64. The van der Waals surface area contributed by atoms with Crippen LogP contribution in [0, 0.1) is 5.82 Å². The number of nitrogens with one attached hydrogen (secondary N) is 2. The van der Waals surface area contributed by atoms with Crippen LogP contribution >= 0.6 is 11.6 Å². The van der Waals surface area contributed by atoms with Gasteiger partial charge in [-0.15, -0.1) is 0 Å². The minimum absolute atomic E-state index is 0.170. The average molecular weight is 447 g/mol. The van der Waals surface area contributed by atoms with E-state index in [1.165, 1.54) is 49.4 Å². The highest BCUT2D eigenvalue weighted by molar-refractivity contribution is 7.92. The van der Waals surface area contributed by atoms with E-state index < -0.39 is 21.7 Å². The third-order valence-electron chi connectivity index (χ3n) is 4.13. The molecule has 0 radical (unpaired) electrons. The third-order valence-corrected chi connectivity index (χ3v) is 5.76. The highest BCUT2D eigenvalue weighted by Crippen LogP contribution is 2.23. The first-order valence-electron chi connectivity index (χ1n) is 8.66. The highest BCUT2D eigenvalue weighted by Gasteiger charge is 2.18. The highest BCUT2D eigenvalue weighted by atomic mass is 35.5. The van der Waals surface area contributed by atoms with Gasteiger partial charge in [0.1, 0.15) is 5.82 Å². The fourth-order valence-corrected chi connectivity index (χ4v) is 3.76. The number of carbonyl (C=O) groups excluding carboxylic acids is 2. The van der Waals surface area contributed by atoms with Crippen LogP contribution in [0.1, 0.15) is 27.6 Å². The van der Waals surface area contributed by atoms with Crippen molar-refractivity contribution in [3.63, 3.8) is 0 Å². The van der Waals surface area contributed by atoms with Crippen LogP contribution in [-0.4, -0.2) is 20.1 Å². The van der Waals surface area contributed by atoms with E-state index in [1.54, 1.807) is 6.07 Å². The molecule has 2 N–H and O–H groups in total. The molecule has 9 heteroatoms. The van der Waals surface area contributed by atoms with Crippen LogP contribution in [0.5, 0.6) is 0 Å². The van der Waals surface area contributed by atoms with Crippen LogP contribution in [0.3, 0.4) is 0 Å². The van der Waals surface area contributed by atoms with Crippen LogP contribution < -0.4 is 10.0 Å². The van der Waals surface area contributed by atoms with Gasteiger partial charge in [-0.1, -0.05) is 23.7 Å². The first-order chi connectivity index (χ1) is 14.2. The Morgan fingerprint density at radius 1 is 0.933 bits per heavy atom. The van der Waals surface area contributed by atoms with Gasteiger partial charge in [-0.25, -0.2) is 12.8 Å². The summed E-state index contributed by atoms with van der Waals surface area (Å²) >= 11 is 5.77. The molecule has 154 valence electrons. The van der Waals surface area contributed by atoms with Gasteiger partial charge < -0.3 is 5.32 Å². The number of anilines is 2. The van der Waals surface area contributed by atoms with E-state index in [0.29, 0.717) is 10.6 Å². The lowest BCUT2D eigenvalue weighted by Crippen LogP contribution is -2.15. The zero-order chi connectivity index (χ0) is 21.9. The zero-order valence-corrected chi connectivity index (χ0v) is 17.2. The number of hydrogen-bond acceptors (Lipinski definition) is 4. The molecule has 0 saturated carbocycles. The number of halogens is 2. The largest absolute Gasteiger partial charge is 0.319 e. The zero-order valence-electron chi connectivity index (χ0n) is 15.6. The molecule has 0 atom stereocenters. The summed E-state index contributed by atoms with van der Waals surface area (Å²) in [5.74, 6) is -1.71. The van der Waals surface area contributed by atoms with Crippen molar-refractivity contribution in [3.05, 3.63) is 88.7 Å².